The van der Waals surface area contributed by atoms with E-state index in [1.54, 1.807) is 7.11 Å². The number of methoxy groups -OCH3 is 1. The fraction of sp³-hybridized carbons (Fsp3) is 0.632. The van der Waals surface area contributed by atoms with Gasteiger partial charge in [0.05, 0.1) is 20.3 Å². The zero-order valence-corrected chi connectivity index (χ0v) is 15.8. The summed E-state index contributed by atoms with van der Waals surface area (Å²) in [5, 5.41) is 6.80. The van der Waals surface area contributed by atoms with Crippen LogP contribution in [-0.2, 0) is 11.2 Å². The van der Waals surface area contributed by atoms with E-state index in [1.807, 2.05) is 19.2 Å². The Balaban J connectivity index is 1.63. The summed E-state index contributed by atoms with van der Waals surface area (Å²) in [6.45, 7) is 8.93. The van der Waals surface area contributed by atoms with E-state index in [2.05, 4.69) is 39.6 Å². The van der Waals surface area contributed by atoms with Gasteiger partial charge in [-0.25, -0.2) is 0 Å². The fourth-order valence-corrected chi connectivity index (χ4v) is 2.90. The third kappa shape index (κ3) is 7.32. The van der Waals surface area contributed by atoms with E-state index in [0.717, 1.165) is 64.1 Å². The maximum Gasteiger partial charge on any atom is 0.190 e. The van der Waals surface area contributed by atoms with Crippen molar-refractivity contribution in [3.8, 4) is 5.75 Å². The highest BCUT2D eigenvalue weighted by atomic mass is 16.5. The van der Waals surface area contributed by atoms with E-state index in [1.165, 1.54) is 5.56 Å². The molecule has 1 aromatic carbocycles. The van der Waals surface area contributed by atoms with Crippen molar-refractivity contribution < 1.29 is 9.47 Å². The van der Waals surface area contributed by atoms with Gasteiger partial charge in [0, 0.05) is 39.8 Å². The predicted molar refractivity (Wildman–Crippen MR) is 102 cm³/mol. The molecule has 2 N–H and O–H groups in total. The molecule has 25 heavy (non-hydrogen) atoms. The third-order valence-electron chi connectivity index (χ3n) is 4.38. The Morgan fingerprint density at radius 2 is 1.96 bits per heavy atom. The number of ether oxygens (including phenoxy) is 2. The van der Waals surface area contributed by atoms with Crippen molar-refractivity contribution >= 4 is 5.96 Å². The maximum atomic E-state index is 5.40. The van der Waals surface area contributed by atoms with Gasteiger partial charge in [-0.05, 0) is 30.0 Å². The summed E-state index contributed by atoms with van der Waals surface area (Å²) in [7, 11) is 3.50. The van der Waals surface area contributed by atoms with Gasteiger partial charge in [-0.15, -0.1) is 0 Å². The summed E-state index contributed by atoms with van der Waals surface area (Å²) in [6.07, 6.45) is 0.952. The van der Waals surface area contributed by atoms with Crippen molar-refractivity contribution in [2.24, 2.45) is 10.9 Å². The van der Waals surface area contributed by atoms with Crippen LogP contribution in [0.25, 0.3) is 0 Å². The molecule has 1 fully saturated rings. The molecule has 6 nitrogen and oxygen atoms in total. The number of rotatable bonds is 8. The number of benzene rings is 1. The van der Waals surface area contributed by atoms with Crippen molar-refractivity contribution in [2.45, 2.75) is 13.3 Å². The Morgan fingerprint density at radius 1 is 1.24 bits per heavy atom. The molecular formula is C19H32N4O2. The predicted octanol–water partition coefficient (Wildman–Crippen LogP) is 1.37. The van der Waals surface area contributed by atoms with Crippen molar-refractivity contribution in [3.05, 3.63) is 29.8 Å². The first-order valence-corrected chi connectivity index (χ1v) is 9.09. The monoisotopic (exact) mass is 348 g/mol. The van der Waals surface area contributed by atoms with Crippen molar-refractivity contribution in [2.75, 3.05) is 60.1 Å². The third-order valence-corrected chi connectivity index (χ3v) is 4.38. The van der Waals surface area contributed by atoms with Crippen molar-refractivity contribution in [1.82, 2.24) is 15.5 Å². The van der Waals surface area contributed by atoms with Crippen LogP contribution in [0.5, 0.6) is 5.75 Å². The van der Waals surface area contributed by atoms with E-state index < -0.39 is 0 Å². The molecule has 140 valence electrons. The summed E-state index contributed by atoms with van der Waals surface area (Å²) in [6, 6.07) is 8.19. The molecule has 6 heteroatoms. The molecular weight excluding hydrogens is 316 g/mol. The van der Waals surface area contributed by atoms with Gasteiger partial charge < -0.3 is 20.1 Å². The summed E-state index contributed by atoms with van der Waals surface area (Å²) in [5.41, 5.74) is 1.28. The van der Waals surface area contributed by atoms with Crippen LogP contribution < -0.4 is 15.4 Å². The molecule has 0 radical (unpaired) electrons. The van der Waals surface area contributed by atoms with Gasteiger partial charge in [-0.1, -0.05) is 19.1 Å². The van der Waals surface area contributed by atoms with Crippen LogP contribution in [0.2, 0.25) is 0 Å². The molecule has 0 bridgehead atoms. The van der Waals surface area contributed by atoms with E-state index in [-0.39, 0.29) is 0 Å². The molecule has 1 heterocycles. The Labute approximate surface area is 151 Å². The quantitative estimate of drug-likeness (QED) is 0.549. The van der Waals surface area contributed by atoms with Crippen LogP contribution in [0.15, 0.2) is 29.3 Å². The van der Waals surface area contributed by atoms with E-state index in [9.17, 15) is 0 Å². The minimum atomic E-state index is 0.568. The number of nitrogens with zero attached hydrogens (tertiary/aromatic N) is 2. The first-order valence-electron chi connectivity index (χ1n) is 9.09. The van der Waals surface area contributed by atoms with Crippen LogP contribution in [0.4, 0.5) is 0 Å². The molecule has 0 saturated carbocycles. The molecule has 0 aliphatic carbocycles. The molecule has 0 aromatic heterocycles. The molecule has 1 saturated heterocycles. The van der Waals surface area contributed by atoms with Crippen LogP contribution in [0.3, 0.4) is 0 Å². The number of hydrogen-bond donors (Lipinski definition) is 2. The zero-order chi connectivity index (χ0) is 17.9. The Bertz CT molecular complexity index is 513. The molecule has 1 aromatic rings. The summed E-state index contributed by atoms with van der Waals surface area (Å²) in [5.74, 6) is 2.32. The SMILES string of the molecule is CN=C(NCCc1ccc(OC)cc1)NCC(C)CN1CCOCC1. The minimum absolute atomic E-state index is 0.568. The van der Waals surface area contributed by atoms with Gasteiger partial charge >= 0.3 is 0 Å². The average Bonchev–Trinajstić information content (AvgIpc) is 2.66. The lowest BCUT2D eigenvalue weighted by molar-refractivity contribution is 0.0320. The smallest absolute Gasteiger partial charge is 0.190 e. The van der Waals surface area contributed by atoms with Crippen molar-refractivity contribution in [1.29, 1.82) is 0 Å². The molecule has 1 atom stereocenters. The Hall–Kier alpha value is -1.79. The van der Waals surface area contributed by atoms with Crippen LogP contribution in [0, 0.1) is 5.92 Å². The second-order valence-electron chi connectivity index (χ2n) is 6.50. The molecule has 1 unspecified atom stereocenters. The van der Waals surface area contributed by atoms with Gasteiger partial charge in [0.25, 0.3) is 0 Å². The summed E-state index contributed by atoms with van der Waals surface area (Å²) in [4.78, 5) is 6.77. The highest BCUT2D eigenvalue weighted by molar-refractivity contribution is 5.79. The number of guanidine groups is 1. The highest BCUT2D eigenvalue weighted by Crippen LogP contribution is 2.11. The average molecular weight is 348 g/mol. The van der Waals surface area contributed by atoms with E-state index in [0.29, 0.717) is 5.92 Å². The highest BCUT2D eigenvalue weighted by Gasteiger charge is 2.13. The van der Waals surface area contributed by atoms with Gasteiger partial charge in [0.15, 0.2) is 5.96 Å². The van der Waals surface area contributed by atoms with Gasteiger partial charge in [-0.2, -0.15) is 0 Å². The maximum absolute atomic E-state index is 5.40. The summed E-state index contributed by atoms with van der Waals surface area (Å²) >= 11 is 0. The molecule has 2 rings (SSSR count). The number of hydrogen-bond acceptors (Lipinski definition) is 4. The number of nitrogens with one attached hydrogen (secondary N) is 2. The molecule has 0 spiro atoms. The molecule has 1 aliphatic heterocycles. The largest absolute Gasteiger partial charge is 0.497 e. The normalized spacial score (nSPS) is 17.2. The number of aliphatic imine (C=N–C) groups is 1. The van der Waals surface area contributed by atoms with Gasteiger partial charge in [-0.3, -0.25) is 9.89 Å². The van der Waals surface area contributed by atoms with Crippen LogP contribution in [-0.4, -0.2) is 71.0 Å². The first-order chi connectivity index (χ1) is 12.2. The molecule has 0 amide bonds. The lowest BCUT2D eigenvalue weighted by Crippen LogP contribution is -2.44. The Morgan fingerprint density at radius 3 is 2.60 bits per heavy atom. The van der Waals surface area contributed by atoms with E-state index >= 15 is 0 Å². The second-order valence-corrected chi connectivity index (χ2v) is 6.50. The molecule has 1 aliphatic rings. The van der Waals surface area contributed by atoms with Crippen molar-refractivity contribution in [3.63, 3.8) is 0 Å². The fourth-order valence-electron chi connectivity index (χ4n) is 2.90. The minimum Gasteiger partial charge on any atom is -0.497 e. The van der Waals surface area contributed by atoms with E-state index in [4.69, 9.17) is 9.47 Å². The lowest BCUT2D eigenvalue weighted by Gasteiger charge is -2.29. The van der Waals surface area contributed by atoms with Gasteiger partial charge in [0.1, 0.15) is 5.75 Å². The lowest BCUT2D eigenvalue weighted by atomic mass is 10.1. The number of morpholine rings is 1. The first kappa shape index (κ1) is 19.5. The van der Waals surface area contributed by atoms with Crippen LogP contribution >= 0.6 is 0 Å². The zero-order valence-electron chi connectivity index (χ0n) is 15.8. The summed E-state index contributed by atoms with van der Waals surface area (Å²) < 4.78 is 10.6. The topological polar surface area (TPSA) is 58.1 Å². The van der Waals surface area contributed by atoms with Crippen LogP contribution in [0.1, 0.15) is 12.5 Å². The van der Waals surface area contributed by atoms with Gasteiger partial charge in [0.2, 0.25) is 0 Å². The Kier molecular flexibility index (Phi) is 8.55. The second kappa shape index (κ2) is 10.9. The standard InChI is InChI=1S/C19H32N4O2/c1-16(15-23-10-12-25-13-11-23)14-22-19(20-2)21-9-8-17-4-6-18(24-3)7-5-17/h4-7,16H,8-15H2,1-3H3,(H2,20,21,22).